The molecule has 0 fully saturated rings. The zero-order chi connectivity index (χ0) is 18.6. The van der Waals surface area contributed by atoms with E-state index in [-0.39, 0.29) is 12.2 Å². The van der Waals surface area contributed by atoms with E-state index in [1.807, 2.05) is 5.38 Å². The van der Waals surface area contributed by atoms with Crippen LogP contribution >= 0.6 is 34.5 Å². The maximum Gasteiger partial charge on any atom is 0.341 e. The number of anilines is 1. The first kappa shape index (κ1) is 19.8. The van der Waals surface area contributed by atoms with Gasteiger partial charge in [0.1, 0.15) is 5.00 Å². The zero-order valence-electron chi connectivity index (χ0n) is 14.2. The number of ether oxygens (including phenoxy) is 1. The molecule has 25 heavy (non-hydrogen) atoms. The van der Waals surface area contributed by atoms with Crippen molar-refractivity contribution < 1.29 is 14.3 Å². The van der Waals surface area contributed by atoms with Crippen molar-refractivity contribution in [2.45, 2.75) is 27.2 Å². The van der Waals surface area contributed by atoms with Crippen molar-refractivity contribution in [3.63, 3.8) is 0 Å². The van der Waals surface area contributed by atoms with Crippen molar-refractivity contribution in [1.29, 1.82) is 0 Å². The van der Waals surface area contributed by atoms with Gasteiger partial charge in [-0.25, -0.2) is 4.79 Å². The second-order valence-corrected chi connectivity index (χ2v) is 7.59. The molecule has 0 saturated heterocycles. The Morgan fingerprint density at radius 2 is 2.00 bits per heavy atom. The van der Waals surface area contributed by atoms with Crippen LogP contribution in [0, 0.1) is 5.92 Å². The maximum absolute atomic E-state index is 12.6. The highest BCUT2D eigenvalue weighted by Crippen LogP contribution is 2.32. The number of nitrogens with one attached hydrogen (secondary N) is 1. The molecule has 1 amide bonds. The topological polar surface area (TPSA) is 55.4 Å². The highest BCUT2D eigenvalue weighted by Gasteiger charge is 2.23. The number of hydrogen-bond donors (Lipinski definition) is 1. The Kier molecular flexibility index (Phi) is 6.87. The monoisotopic (exact) mass is 399 g/mol. The van der Waals surface area contributed by atoms with Gasteiger partial charge in [0.2, 0.25) is 0 Å². The number of esters is 1. The lowest BCUT2D eigenvalue weighted by molar-refractivity contribution is 0.0527. The van der Waals surface area contributed by atoms with Gasteiger partial charge in [0.05, 0.1) is 22.8 Å². The molecular weight excluding hydrogens is 381 g/mol. The van der Waals surface area contributed by atoms with Crippen LogP contribution in [0.25, 0.3) is 0 Å². The Bertz CT molecular complexity index is 787. The van der Waals surface area contributed by atoms with E-state index in [1.54, 1.807) is 19.1 Å². The Morgan fingerprint density at radius 1 is 1.28 bits per heavy atom. The van der Waals surface area contributed by atoms with Crippen LogP contribution in [0.4, 0.5) is 5.00 Å². The summed E-state index contributed by atoms with van der Waals surface area (Å²) in [5.74, 6) is -0.489. The summed E-state index contributed by atoms with van der Waals surface area (Å²) in [5.41, 5.74) is 1.53. The quantitative estimate of drug-likeness (QED) is 0.635. The number of amides is 1. The highest BCUT2D eigenvalue weighted by atomic mass is 35.5. The number of hydrogen-bond acceptors (Lipinski definition) is 4. The average molecular weight is 400 g/mol. The van der Waals surface area contributed by atoms with Gasteiger partial charge in [-0.15, -0.1) is 11.3 Å². The molecule has 1 N–H and O–H groups in total. The molecule has 0 aliphatic rings. The molecule has 2 aromatic rings. The Balaban J connectivity index is 2.35. The number of benzene rings is 1. The molecule has 0 radical (unpaired) electrons. The van der Waals surface area contributed by atoms with E-state index in [9.17, 15) is 9.59 Å². The van der Waals surface area contributed by atoms with Gasteiger partial charge in [0, 0.05) is 5.02 Å². The van der Waals surface area contributed by atoms with Crippen molar-refractivity contribution in [3.05, 3.63) is 50.3 Å². The molecule has 0 unspecified atom stereocenters. The molecule has 1 heterocycles. The molecule has 2 rings (SSSR count). The van der Waals surface area contributed by atoms with Crippen molar-refractivity contribution in [3.8, 4) is 0 Å². The Hall–Kier alpha value is -1.56. The fraction of sp³-hybridized carbons (Fsp3) is 0.333. The summed E-state index contributed by atoms with van der Waals surface area (Å²) in [6.07, 6.45) is 0.721. The second kappa shape index (κ2) is 8.70. The van der Waals surface area contributed by atoms with Crippen LogP contribution in [-0.2, 0) is 11.2 Å². The summed E-state index contributed by atoms with van der Waals surface area (Å²) < 4.78 is 5.15. The van der Waals surface area contributed by atoms with Crippen molar-refractivity contribution in [2.75, 3.05) is 11.9 Å². The molecular formula is C18H19Cl2NO3S. The molecule has 0 atom stereocenters. The number of rotatable bonds is 6. The summed E-state index contributed by atoms with van der Waals surface area (Å²) in [7, 11) is 0. The fourth-order valence-corrected chi connectivity index (χ4v) is 3.68. The lowest BCUT2D eigenvalue weighted by atomic mass is 10.0. The minimum absolute atomic E-state index is 0.253. The molecule has 1 aromatic carbocycles. The fourth-order valence-electron chi connectivity index (χ4n) is 2.34. The molecule has 134 valence electrons. The van der Waals surface area contributed by atoms with E-state index in [0.29, 0.717) is 26.5 Å². The molecule has 0 bridgehead atoms. The molecule has 7 heteroatoms. The number of carbonyl (C=O) groups is 2. The maximum atomic E-state index is 12.6. The van der Waals surface area contributed by atoms with E-state index in [4.69, 9.17) is 27.9 Å². The molecule has 0 saturated carbocycles. The van der Waals surface area contributed by atoms with E-state index < -0.39 is 11.9 Å². The van der Waals surface area contributed by atoms with Gasteiger partial charge in [0.15, 0.2) is 0 Å². The predicted octanol–water partition coefficient (Wildman–Crippen LogP) is 5.68. The SMILES string of the molecule is CCOC(=O)c1c(CC(C)C)csc1NC(=O)c1cc(Cl)ccc1Cl. The van der Waals surface area contributed by atoms with Gasteiger partial charge in [-0.1, -0.05) is 37.0 Å². The predicted molar refractivity (Wildman–Crippen MR) is 103 cm³/mol. The minimum atomic E-state index is -0.438. The smallest absolute Gasteiger partial charge is 0.341 e. The van der Waals surface area contributed by atoms with Crippen molar-refractivity contribution in [2.24, 2.45) is 5.92 Å². The summed E-state index contributed by atoms with van der Waals surface area (Å²) in [6, 6.07) is 4.66. The summed E-state index contributed by atoms with van der Waals surface area (Å²) >= 11 is 13.3. The Morgan fingerprint density at radius 3 is 2.64 bits per heavy atom. The van der Waals surface area contributed by atoms with Gasteiger partial charge < -0.3 is 10.1 Å². The largest absolute Gasteiger partial charge is 0.462 e. The normalized spacial score (nSPS) is 10.8. The van der Waals surface area contributed by atoms with E-state index >= 15 is 0 Å². The zero-order valence-corrected chi connectivity index (χ0v) is 16.5. The van der Waals surface area contributed by atoms with E-state index in [1.165, 1.54) is 17.4 Å². The standard InChI is InChI=1S/C18H19Cl2NO3S/c1-4-24-18(23)15-11(7-10(2)3)9-25-17(15)21-16(22)13-8-12(19)5-6-14(13)20/h5-6,8-10H,4,7H2,1-3H3,(H,21,22). The third-order valence-electron chi connectivity index (χ3n) is 3.38. The third kappa shape index (κ3) is 4.97. The molecule has 0 spiro atoms. The summed E-state index contributed by atoms with van der Waals surface area (Å²) in [5, 5.41) is 5.79. The van der Waals surface area contributed by atoms with Crippen molar-refractivity contribution in [1.82, 2.24) is 0 Å². The molecule has 4 nitrogen and oxygen atoms in total. The van der Waals surface area contributed by atoms with Gasteiger partial charge in [-0.3, -0.25) is 4.79 Å². The summed E-state index contributed by atoms with van der Waals surface area (Å²) in [6.45, 7) is 6.15. The first-order valence-corrected chi connectivity index (χ1v) is 9.50. The van der Waals surface area contributed by atoms with Crippen LogP contribution in [-0.4, -0.2) is 18.5 Å². The molecule has 1 aromatic heterocycles. The van der Waals surface area contributed by atoms with Crippen LogP contribution in [0.5, 0.6) is 0 Å². The Labute approximate surface area is 161 Å². The van der Waals surface area contributed by atoms with Crippen LogP contribution in [0.2, 0.25) is 10.0 Å². The summed E-state index contributed by atoms with van der Waals surface area (Å²) in [4.78, 5) is 24.9. The molecule has 0 aliphatic heterocycles. The van der Waals surface area contributed by atoms with Gasteiger partial charge >= 0.3 is 5.97 Å². The number of carbonyl (C=O) groups excluding carboxylic acids is 2. The van der Waals surface area contributed by atoms with Crippen LogP contribution in [0.3, 0.4) is 0 Å². The number of halogens is 2. The third-order valence-corrected chi connectivity index (χ3v) is 4.88. The van der Waals surface area contributed by atoms with Gasteiger partial charge in [-0.05, 0) is 48.4 Å². The van der Waals surface area contributed by atoms with Crippen molar-refractivity contribution >= 4 is 51.4 Å². The van der Waals surface area contributed by atoms with E-state index in [2.05, 4.69) is 19.2 Å². The number of thiophene rings is 1. The lowest BCUT2D eigenvalue weighted by Gasteiger charge is -2.10. The first-order valence-electron chi connectivity index (χ1n) is 7.87. The second-order valence-electron chi connectivity index (χ2n) is 5.86. The lowest BCUT2D eigenvalue weighted by Crippen LogP contribution is -2.16. The van der Waals surface area contributed by atoms with E-state index in [0.717, 1.165) is 12.0 Å². The van der Waals surface area contributed by atoms with Crippen LogP contribution < -0.4 is 5.32 Å². The van der Waals surface area contributed by atoms with Crippen LogP contribution in [0.15, 0.2) is 23.6 Å². The average Bonchev–Trinajstić information content (AvgIpc) is 2.91. The van der Waals surface area contributed by atoms with Gasteiger partial charge in [0.25, 0.3) is 5.91 Å². The van der Waals surface area contributed by atoms with Crippen LogP contribution in [0.1, 0.15) is 47.1 Å². The minimum Gasteiger partial charge on any atom is -0.462 e. The molecule has 0 aliphatic carbocycles. The highest BCUT2D eigenvalue weighted by molar-refractivity contribution is 7.15. The first-order chi connectivity index (χ1) is 11.8. The van der Waals surface area contributed by atoms with Gasteiger partial charge in [-0.2, -0.15) is 0 Å².